The first-order chi connectivity index (χ1) is 16.2. The molecule has 0 spiro atoms. The second-order valence-electron chi connectivity index (χ2n) is 8.15. The smallest absolute Gasteiger partial charge is 0.253 e. The van der Waals surface area contributed by atoms with Gasteiger partial charge in [0.15, 0.2) is 5.78 Å². The SMILES string of the molecule is O=C(c1ccccc1)C1CCN(C(=O)c2ccc(-c3nnc(-c4ccccc4)o3)cc2)CC1. The molecule has 1 aromatic heterocycles. The summed E-state index contributed by atoms with van der Waals surface area (Å²) >= 11 is 0. The highest BCUT2D eigenvalue weighted by Gasteiger charge is 2.28. The van der Waals surface area contributed by atoms with Crippen LogP contribution in [0.5, 0.6) is 0 Å². The molecule has 6 heteroatoms. The molecular weight excluding hydrogens is 414 g/mol. The van der Waals surface area contributed by atoms with E-state index < -0.39 is 0 Å². The van der Waals surface area contributed by atoms with Crippen LogP contribution < -0.4 is 0 Å². The molecular formula is C27H23N3O3. The highest BCUT2D eigenvalue weighted by atomic mass is 16.4. The Morgan fingerprint density at radius 3 is 1.85 bits per heavy atom. The zero-order valence-electron chi connectivity index (χ0n) is 18.1. The average Bonchev–Trinajstić information content (AvgIpc) is 3.40. The summed E-state index contributed by atoms with van der Waals surface area (Å²) in [6.45, 7) is 1.15. The van der Waals surface area contributed by atoms with E-state index in [-0.39, 0.29) is 17.6 Å². The molecule has 0 aliphatic carbocycles. The molecule has 0 bridgehead atoms. The first kappa shape index (κ1) is 20.8. The molecule has 3 aromatic carbocycles. The van der Waals surface area contributed by atoms with Crippen molar-refractivity contribution in [3.8, 4) is 22.9 Å². The number of nitrogens with zero attached hydrogens (tertiary/aromatic N) is 3. The minimum absolute atomic E-state index is 0.0253. The van der Waals surface area contributed by atoms with Crippen LogP contribution in [0.4, 0.5) is 0 Å². The molecule has 1 saturated heterocycles. The van der Waals surface area contributed by atoms with Crippen LogP contribution in [0.2, 0.25) is 0 Å². The largest absolute Gasteiger partial charge is 0.416 e. The van der Waals surface area contributed by atoms with Gasteiger partial charge in [-0.3, -0.25) is 9.59 Å². The van der Waals surface area contributed by atoms with E-state index in [2.05, 4.69) is 10.2 Å². The lowest BCUT2D eigenvalue weighted by Crippen LogP contribution is -2.40. The lowest BCUT2D eigenvalue weighted by Gasteiger charge is -2.31. The predicted molar refractivity (Wildman–Crippen MR) is 125 cm³/mol. The van der Waals surface area contributed by atoms with E-state index in [4.69, 9.17) is 4.42 Å². The number of amides is 1. The fourth-order valence-corrected chi connectivity index (χ4v) is 4.16. The molecule has 0 atom stereocenters. The third-order valence-electron chi connectivity index (χ3n) is 6.04. The molecule has 0 saturated carbocycles. The summed E-state index contributed by atoms with van der Waals surface area (Å²) in [4.78, 5) is 27.5. The summed E-state index contributed by atoms with van der Waals surface area (Å²) in [5.74, 6) is 0.978. The van der Waals surface area contributed by atoms with E-state index in [1.165, 1.54) is 0 Å². The molecule has 1 amide bonds. The van der Waals surface area contributed by atoms with E-state index in [1.54, 1.807) is 12.1 Å². The third kappa shape index (κ3) is 4.46. The number of Topliss-reactive ketones (excluding diaryl/α,β-unsaturated/α-hetero) is 1. The fraction of sp³-hybridized carbons (Fsp3) is 0.185. The van der Waals surface area contributed by atoms with Crippen molar-refractivity contribution in [3.63, 3.8) is 0 Å². The molecule has 0 N–H and O–H groups in total. The number of carbonyl (C=O) groups excluding carboxylic acids is 2. The lowest BCUT2D eigenvalue weighted by atomic mass is 9.88. The maximum atomic E-state index is 13.0. The van der Waals surface area contributed by atoms with Gasteiger partial charge < -0.3 is 9.32 Å². The van der Waals surface area contributed by atoms with E-state index >= 15 is 0 Å². The molecule has 1 aliphatic rings. The van der Waals surface area contributed by atoms with Crippen molar-refractivity contribution in [2.75, 3.05) is 13.1 Å². The molecule has 0 unspecified atom stereocenters. The van der Waals surface area contributed by atoms with Gasteiger partial charge in [0.1, 0.15) is 0 Å². The lowest BCUT2D eigenvalue weighted by molar-refractivity contribution is 0.0650. The zero-order chi connectivity index (χ0) is 22.6. The molecule has 1 fully saturated rings. The van der Waals surface area contributed by atoms with Gasteiger partial charge in [0.25, 0.3) is 5.91 Å². The summed E-state index contributed by atoms with van der Waals surface area (Å²) < 4.78 is 5.79. The Hall–Kier alpha value is -4.06. The van der Waals surface area contributed by atoms with Gasteiger partial charge in [0, 0.05) is 41.3 Å². The molecule has 0 radical (unpaired) electrons. The van der Waals surface area contributed by atoms with Crippen LogP contribution in [-0.2, 0) is 0 Å². The van der Waals surface area contributed by atoms with Gasteiger partial charge in [-0.25, -0.2) is 0 Å². The standard InChI is InChI=1S/C27H23N3O3/c31-24(19-7-3-1-4-8-19)20-15-17-30(18-16-20)27(32)23-13-11-22(12-14-23)26-29-28-25(33-26)21-9-5-2-6-10-21/h1-14,20H,15-18H2. The molecule has 164 valence electrons. The fourth-order valence-electron chi connectivity index (χ4n) is 4.16. The van der Waals surface area contributed by atoms with Crippen molar-refractivity contribution < 1.29 is 14.0 Å². The number of piperidine rings is 1. The van der Waals surface area contributed by atoms with Crippen molar-refractivity contribution >= 4 is 11.7 Å². The predicted octanol–water partition coefficient (Wildman–Crippen LogP) is 5.14. The van der Waals surface area contributed by atoms with Crippen molar-refractivity contribution in [2.45, 2.75) is 12.8 Å². The highest BCUT2D eigenvalue weighted by Crippen LogP contribution is 2.26. The topological polar surface area (TPSA) is 76.3 Å². The van der Waals surface area contributed by atoms with Gasteiger partial charge in [0.2, 0.25) is 11.8 Å². The molecule has 2 heterocycles. The molecule has 6 nitrogen and oxygen atoms in total. The monoisotopic (exact) mass is 437 g/mol. The Kier molecular flexibility index (Phi) is 5.81. The quantitative estimate of drug-likeness (QED) is 0.404. The van der Waals surface area contributed by atoms with Crippen molar-refractivity contribution in [3.05, 3.63) is 96.1 Å². The highest BCUT2D eigenvalue weighted by molar-refractivity contribution is 5.98. The van der Waals surface area contributed by atoms with Gasteiger partial charge in [-0.2, -0.15) is 0 Å². The van der Waals surface area contributed by atoms with Crippen LogP contribution >= 0.6 is 0 Å². The first-order valence-corrected chi connectivity index (χ1v) is 11.1. The number of likely N-dealkylation sites (tertiary alicyclic amines) is 1. The second-order valence-corrected chi connectivity index (χ2v) is 8.15. The number of benzene rings is 3. The first-order valence-electron chi connectivity index (χ1n) is 11.1. The van der Waals surface area contributed by atoms with E-state index in [0.717, 1.165) is 16.7 Å². The molecule has 1 aliphatic heterocycles. The van der Waals surface area contributed by atoms with E-state index in [1.807, 2.05) is 77.7 Å². The summed E-state index contributed by atoms with van der Waals surface area (Å²) in [5, 5.41) is 8.25. The van der Waals surface area contributed by atoms with Crippen LogP contribution in [-0.4, -0.2) is 39.9 Å². The minimum Gasteiger partial charge on any atom is -0.416 e. The van der Waals surface area contributed by atoms with Gasteiger partial charge in [-0.05, 0) is 49.2 Å². The van der Waals surface area contributed by atoms with Gasteiger partial charge in [0.05, 0.1) is 0 Å². The number of hydrogen-bond donors (Lipinski definition) is 0. The van der Waals surface area contributed by atoms with E-state index in [9.17, 15) is 9.59 Å². The number of rotatable bonds is 5. The normalized spacial score (nSPS) is 14.2. The Morgan fingerprint density at radius 1 is 0.697 bits per heavy atom. The molecule has 33 heavy (non-hydrogen) atoms. The second kappa shape index (κ2) is 9.20. The van der Waals surface area contributed by atoms with Crippen LogP contribution in [0.3, 0.4) is 0 Å². The number of aromatic nitrogens is 2. The van der Waals surface area contributed by atoms with Gasteiger partial charge >= 0.3 is 0 Å². The van der Waals surface area contributed by atoms with Gasteiger partial charge in [-0.1, -0.05) is 48.5 Å². The summed E-state index contributed by atoms with van der Waals surface area (Å²) in [6, 6.07) is 26.2. The Morgan fingerprint density at radius 2 is 1.24 bits per heavy atom. The van der Waals surface area contributed by atoms with Crippen molar-refractivity contribution in [1.82, 2.24) is 15.1 Å². The minimum atomic E-state index is -0.0323. The van der Waals surface area contributed by atoms with Gasteiger partial charge in [-0.15, -0.1) is 10.2 Å². The summed E-state index contributed by atoms with van der Waals surface area (Å²) in [6.07, 6.45) is 1.36. The third-order valence-corrected chi connectivity index (χ3v) is 6.04. The Labute approximate surface area is 191 Å². The number of hydrogen-bond acceptors (Lipinski definition) is 5. The molecule has 5 rings (SSSR count). The Bertz CT molecular complexity index is 1240. The zero-order valence-corrected chi connectivity index (χ0v) is 18.1. The number of carbonyl (C=O) groups is 2. The maximum Gasteiger partial charge on any atom is 0.253 e. The molecule has 4 aromatic rings. The Balaban J connectivity index is 1.22. The average molecular weight is 437 g/mol. The van der Waals surface area contributed by atoms with Crippen molar-refractivity contribution in [1.29, 1.82) is 0 Å². The van der Waals surface area contributed by atoms with Crippen LogP contribution in [0.1, 0.15) is 33.6 Å². The number of ketones is 1. The van der Waals surface area contributed by atoms with E-state index in [0.29, 0.717) is 43.3 Å². The summed E-state index contributed by atoms with van der Waals surface area (Å²) in [5.41, 5.74) is 2.97. The maximum absolute atomic E-state index is 13.0. The van der Waals surface area contributed by atoms with Crippen LogP contribution in [0.25, 0.3) is 22.9 Å². The summed E-state index contributed by atoms with van der Waals surface area (Å²) in [7, 11) is 0. The van der Waals surface area contributed by atoms with Crippen LogP contribution in [0, 0.1) is 5.92 Å². The van der Waals surface area contributed by atoms with Crippen LogP contribution in [0.15, 0.2) is 89.3 Å². The van der Waals surface area contributed by atoms with Crippen molar-refractivity contribution in [2.24, 2.45) is 5.92 Å².